The van der Waals surface area contributed by atoms with E-state index in [1.807, 2.05) is 0 Å². The van der Waals surface area contributed by atoms with Crippen molar-refractivity contribution in [1.29, 1.82) is 5.26 Å². The van der Waals surface area contributed by atoms with Crippen molar-refractivity contribution in [3.63, 3.8) is 0 Å². The lowest BCUT2D eigenvalue weighted by Gasteiger charge is -2.17. The minimum absolute atomic E-state index is 0.330. The molecule has 5 nitrogen and oxygen atoms in total. The van der Waals surface area contributed by atoms with Crippen molar-refractivity contribution in [2.24, 2.45) is 5.92 Å². The molecule has 130 valence electrons. The molecule has 6 heteroatoms. The van der Waals surface area contributed by atoms with Crippen molar-refractivity contribution < 1.29 is 14.3 Å². The molecule has 1 N–H and O–H groups in total. The third-order valence-electron chi connectivity index (χ3n) is 4.51. The summed E-state index contributed by atoms with van der Waals surface area (Å²) in [5.41, 5.74) is 2.01. The minimum atomic E-state index is -0.336. The zero-order valence-corrected chi connectivity index (χ0v) is 15.3. The standard InChI is InChI=1S/C19H20N2O3S/c1-11-7-8-12-13(10-20)19(25-16(12)9-11)21-18(22)17-14(23-2)5-4-6-15(17)24-3/h4-6,11H,7-9H2,1-3H3,(H,21,22). The Labute approximate surface area is 151 Å². The number of carbonyl (C=O) groups excluding carboxylic acids is 1. The van der Waals surface area contributed by atoms with Gasteiger partial charge in [-0.3, -0.25) is 4.79 Å². The maximum absolute atomic E-state index is 12.8. The molecule has 1 amide bonds. The summed E-state index contributed by atoms with van der Waals surface area (Å²) in [5.74, 6) is 1.14. The highest BCUT2D eigenvalue weighted by Crippen LogP contribution is 2.40. The third kappa shape index (κ3) is 3.20. The number of methoxy groups -OCH3 is 2. The molecule has 0 spiro atoms. The minimum Gasteiger partial charge on any atom is -0.496 e. The fourth-order valence-electron chi connectivity index (χ4n) is 3.20. The second kappa shape index (κ2) is 7.16. The van der Waals surface area contributed by atoms with Gasteiger partial charge in [0, 0.05) is 4.88 Å². The Bertz CT molecular complexity index is 829. The molecule has 2 aromatic rings. The van der Waals surface area contributed by atoms with Crippen LogP contribution in [0.5, 0.6) is 11.5 Å². The van der Waals surface area contributed by atoms with Crippen LogP contribution in [0, 0.1) is 17.2 Å². The first-order chi connectivity index (χ1) is 12.1. The van der Waals surface area contributed by atoms with Crippen LogP contribution in [0.1, 0.15) is 39.7 Å². The molecule has 1 unspecified atom stereocenters. The van der Waals surface area contributed by atoms with Crippen molar-refractivity contribution in [1.82, 2.24) is 0 Å². The summed E-state index contributed by atoms with van der Waals surface area (Å²) in [7, 11) is 3.02. The van der Waals surface area contributed by atoms with Crippen molar-refractivity contribution in [3.05, 3.63) is 39.8 Å². The lowest BCUT2D eigenvalue weighted by Crippen LogP contribution is -2.14. The SMILES string of the molecule is COc1cccc(OC)c1C(=O)Nc1sc2c(c1C#N)CCC(C)C2. The topological polar surface area (TPSA) is 71.3 Å². The van der Waals surface area contributed by atoms with E-state index in [1.54, 1.807) is 18.2 Å². The highest BCUT2D eigenvalue weighted by molar-refractivity contribution is 7.16. The van der Waals surface area contributed by atoms with Gasteiger partial charge in [-0.2, -0.15) is 5.26 Å². The van der Waals surface area contributed by atoms with Crippen LogP contribution in [0.15, 0.2) is 18.2 Å². The predicted octanol–water partition coefficient (Wildman–Crippen LogP) is 4.01. The van der Waals surface area contributed by atoms with Crippen LogP contribution in [0.4, 0.5) is 5.00 Å². The number of nitrogens with zero attached hydrogens (tertiary/aromatic N) is 1. The summed E-state index contributed by atoms with van der Waals surface area (Å²) in [6.45, 7) is 2.21. The molecule has 0 aliphatic heterocycles. The Balaban J connectivity index is 1.97. The number of rotatable bonds is 4. The van der Waals surface area contributed by atoms with Crippen LogP contribution < -0.4 is 14.8 Å². The van der Waals surface area contributed by atoms with Crippen LogP contribution in [0.25, 0.3) is 0 Å². The molecular formula is C19H20N2O3S. The van der Waals surface area contributed by atoms with Gasteiger partial charge in [-0.1, -0.05) is 13.0 Å². The monoisotopic (exact) mass is 356 g/mol. The van der Waals surface area contributed by atoms with E-state index in [2.05, 4.69) is 18.3 Å². The van der Waals surface area contributed by atoms with E-state index < -0.39 is 0 Å². The highest BCUT2D eigenvalue weighted by atomic mass is 32.1. The van der Waals surface area contributed by atoms with Gasteiger partial charge in [0.25, 0.3) is 5.91 Å². The van der Waals surface area contributed by atoms with Crippen LogP contribution >= 0.6 is 11.3 Å². The van der Waals surface area contributed by atoms with Crippen molar-refractivity contribution in [2.75, 3.05) is 19.5 Å². The molecule has 1 aromatic heterocycles. The van der Waals surface area contributed by atoms with E-state index in [1.165, 1.54) is 30.4 Å². The number of hydrogen-bond acceptors (Lipinski definition) is 5. The number of ether oxygens (including phenoxy) is 2. The molecule has 1 aliphatic rings. The number of nitriles is 1. The lowest BCUT2D eigenvalue weighted by molar-refractivity contribution is 0.102. The van der Waals surface area contributed by atoms with Crippen LogP contribution in [-0.4, -0.2) is 20.1 Å². The summed E-state index contributed by atoms with van der Waals surface area (Å²) in [6, 6.07) is 7.45. The molecule has 0 radical (unpaired) electrons. The number of carbonyl (C=O) groups is 1. The Hall–Kier alpha value is -2.52. The van der Waals surface area contributed by atoms with Crippen molar-refractivity contribution in [2.45, 2.75) is 26.2 Å². The Morgan fingerprint density at radius 3 is 2.60 bits per heavy atom. The highest BCUT2D eigenvalue weighted by Gasteiger charge is 2.26. The fourth-order valence-corrected chi connectivity index (χ4v) is 4.55. The molecular weight excluding hydrogens is 336 g/mol. The zero-order valence-electron chi connectivity index (χ0n) is 14.5. The number of fused-ring (bicyclic) bond motifs is 1. The third-order valence-corrected chi connectivity index (χ3v) is 5.68. The van der Waals surface area contributed by atoms with E-state index in [9.17, 15) is 10.1 Å². The van der Waals surface area contributed by atoms with Gasteiger partial charge in [0.05, 0.1) is 19.8 Å². The molecule has 0 bridgehead atoms. The summed E-state index contributed by atoms with van der Waals surface area (Å²) in [5, 5.41) is 13.1. The molecule has 25 heavy (non-hydrogen) atoms. The second-order valence-corrected chi connectivity index (χ2v) is 7.26. The van der Waals surface area contributed by atoms with Crippen molar-refractivity contribution in [3.8, 4) is 17.6 Å². The number of nitrogens with one attached hydrogen (secondary N) is 1. The predicted molar refractivity (Wildman–Crippen MR) is 97.7 cm³/mol. The van der Waals surface area contributed by atoms with Gasteiger partial charge in [0.1, 0.15) is 28.1 Å². The summed E-state index contributed by atoms with van der Waals surface area (Å²) in [4.78, 5) is 14.1. The van der Waals surface area contributed by atoms with E-state index in [0.29, 0.717) is 33.5 Å². The van der Waals surface area contributed by atoms with Gasteiger partial charge in [-0.15, -0.1) is 11.3 Å². The van der Waals surface area contributed by atoms with E-state index in [4.69, 9.17) is 9.47 Å². The number of benzene rings is 1. The van der Waals surface area contributed by atoms with E-state index >= 15 is 0 Å². The maximum atomic E-state index is 12.8. The Morgan fingerprint density at radius 1 is 1.32 bits per heavy atom. The van der Waals surface area contributed by atoms with E-state index in [-0.39, 0.29) is 5.91 Å². The lowest BCUT2D eigenvalue weighted by atomic mass is 9.88. The smallest absolute Gasteiger partial charge is 0.263 e. The second-order valence-electron chi connectivity index (χ2n) is 6.16. The maximum Gasteiger partial charge on any atom is 0.263 e. The van der Waals surface area contributed by atoms with Crippen LogP contribution in [-0.2, 0) is 12.8 Å². The molecule has 0 fully saturated rings. The van der Waals surface area contributed by atoms with E-state index in [0.717, 1.165) is 24.8 Å². The van der Waals surface area contributed by atoms with Crippen LogP contribution in [0.2, 0.25) is 0 Å². The normalized spacial score (nSPS) is 15.8. The molecule has 1 heterocycles. The number of anilines is 1. The number of amides is 1. The summed E-state index contributed by atoms with van der Waals surface area (Å²) >= 11 is 1.50. The van der Waals surface area contributed by atoms with Crippen molar-refractivity contribution >= 4 is 22.2 Å². The molecule has 1 atom stereocenters. The Morgan fingerprint density at radius 2 is 2.00 bits per heavy atom. The molecule has 0 saturated heterocycles. The average molecular weight is 356 g/mol. The average Bonchev–Trinajstić information content (AvgIpc) is 2.96. The first kappa shape index (κ1) is 17.3. The van der Waals surface area contributed by atoms with Gasteiger partial charge in [-0.25, -0.2) is 0 Å². The van der Waals surface area contributed by atoms with Crippen LogP contribution in [0.3, 0.4) is 0 Å². The number of hydrogen-bond donors (Lipinski definition) is 1. The first-order valence-electron chi connectivity index (χ1n) is 8.16. The quantitative estimate of drug-likeness (QED) is 0.898. The molecule has 3 rings (SSSR count). The van der Waals surface area contributed by atoms with Gasteiger partial charge in [0.2, 0.25) is 0 Å². The molecule has 1 aromatic carbocycles. The largest absolute Gasteiger partial charge is 0.496 e. The summed E-state index contributed by atoms with van der Waals surface area (Å²) < 4.78 is 10.6. The Kier molecular flexibility index (Phi) is 4.95. The number of thiophene rings is 1. The zero-order chi connectivity index (χ0) is 18.0. The van der Waals surface area contributed by atoms with Gasteiger partial charge < -0.3 is 14.8 Å². The molecule has 0 saturated carbocycles. The first-order valence-corrected chi connectivity index (χ1v) is 8.97. The van der Waals surface area contributed by atoms with Gasteiger partial charge in [-0.05, 0) is 42.9 Å². The van der Waals surface area contributed by atoms with Gasteiger partial charge in [0.15, 0.2) is 0 Å². The fraction of sp³-hybridized carbons (Fsp3) is 0.368. The summed E-state index contributed by atoms with van der Waals surface area (Å²) in [6.07, 6.45) is 2.93. The molecule has 1 aliphatic carbocycles. The van der Waals surface area contributed by atoms with Gasteiger partial charge >= 0.3 is 0 Å².